The molecule has 0 bridgehead atoms. The van der Waals surface area contributed by atoms with Crippen LogP contribution in [0.3, 0.4) is 0 Å². The summed E-state index contributed by atoms with van der Waals surface area (Å²) in [7, 11) is 0. The Hall–Kier alpha value is -0.650. The van der Waals surface area contributed by atoms with Gasteiger partial charge in [0.15, 0.2) is 0 Å². The van der Waals surface area contributed by atoms with Gasteiger partial charge in [0.05, 0.1) is 19.3 Å². The fourth-order valence-corrected chi connectivity index (χ4v) is 3.27. The molecule has 1 amide bonds. The Kier molecular flexibility index (Phi) is 6.02. The fraction of sp³-hybridized carbons (Fsp3) is 0.938. The van der Waals surface area contributed by atoms with E-state index in [0.29, 0.717) is 12.5 Å². The Balaban J connectivity index is 1.79. The number of rotatable bonds is 5. The number of carbonyl (C=O) groups excluding carboxylic acids is 1. The normalized spacial score (nSPS) is 28.3. The van der Waals surface area contributed by atoms with Crippen LogP contribution >= 0.6 is 0 Å². The summed E-state index contributed by atoms with van der Waals surface area (Å²) in [5.74, 6) is 0.851. The smallest absolute Gasteiger partial charge is 0.237 e. The monoisotopic (exact) mass is 297 g/mol. The molecule has 2 rings (SSSR count). The summed E-state index contributed by atoms with van der Waals surface area (Å²) in [5.41, 5.74) is -0.0156. The molecular weight excluding hydrogens is 266 g/mol. The summed E-state index contributed by atoms with van der Waals surface area (Å²) in [6, 6.07) is -0.0100. The second-order valence-corrected chi connectivity index (χ2v) is 6.94. The Labute approximate surface area is 128 Å². The molecule has 0 aromatic carbocycles. The van der Waals surface area contributed by atoms with E-state index in [-0.39, 0.29) is 17.5 Å². The van der Waals surface area contributed by atoms with E-state index in [1.165, 1.54) is 12.8 Å². The molecule has 0 radical (unpaired) electrons. The number of morpholine rings is 1. The average Bonchev–Trinajstić information content (AvgIpc) is 2.53. The highest BCUT2D eigenvalue weighted by molar-refractivity contribution is 5.81. The topological polar surface area (TPSA) is 53.6 Å². The van der Waals surface area contributed by atoms with Crippen molar-refractivity contribution in [3.05, 3.63) is 0 Å². The van der Waals surface area contributed by atoms with Gasteiger partial charge in [0, 0.05) is 25.2 Å². The largest absolute Gasteiger partial charge is 0.379 e. The zero-order chi connectivity index (χ0) is 15.3. The van der Waals surface area contributed by atoms with E-state index in [1.54, 1.807) is 0 Å². The maximum Gasteiger partial charge on any atom is 0.237 e. The van der Waals surface area contributed by atoms with Crippen molar-refractivity contribution in [2.45, 2.75) is 51.6 Å². The van der Waals surface area contributed by atoms with Gasteiger partial charge in [-0.3, -0.25) is 9.69 Å². The SMILES string of the molecule is CCC1CCNC(C(=O)NCC(C)(C)N2CCOCC2)C1. The molecule has 2 atom stereocenters. The Morgan fingerprint density at radius 2 is 2.10 bits per heavy atom. The maximum atomic E-state index is 12.4. The van der Waals surface area contributed by atoms with Gasteiger partial charge in [0.1, 0.15) is 0 Å². The highest BCUT2D eigenvalue weighted by atomic mass is 16.5. The molecule has 2 N–H and O–H groups in total. The standard InChI is InChI=1S/C16H31N3O2/c1-4-13-5-6-17-14(11-13)15(20)18-12-16(2,3)19-7-9-21-10-8-19/h13-14,17H,4-12H2,1-3H3,(H,18,20). The van der Waals surface area contributed by atoms with E-state index in [0.717, 1.165) is 39.3 Å². The van der Waals surface area contributed by atoms with Crippen molar-refractivity contribution < 1.29 is 9.53 Å². The number of piperidine rings is 1. The lowest BCUT2D eigenvalue weighted by Gasteiger charge is -2.41. The van der Waals surface area contributed by atoms with Crippen LogP contribution in [0.1, 0.15) is 40.0 Å². The first-order valence-electron chi connectivity index (χ1n) is 8.37. The first-order valence-corrected chi connectivity index (χ1v) is 8.37. The summed E-state index contributed by atoms with van der Waals surface area (Å²) in [6.45, 7) is 11.7. The minimum atomic E-state index is -0.0156. The van der Waals surface area contributed by atoms with Crippen LogP contribution < -0.4 is 10.6 Å². The Bertz CT molecular complexity index is 340. The summed E-state index contributed by atoms with van der Waals surface area (Å²) >= 11 is 0. The van der Waals surface area contributed by atoms with Crippen LogP contribution in [0, 0.1) is 5.92 Å². The minimum Gasteiger partial charge on any atom is -0.379 e. The van der Waals surface area contributed by atoms with Crippen molar-refractivity contribution in [2.75, 3.05) is 39.4 Å². The number of hydrogen-bond donors (Lipinski definition) is 2. The molecule has 0 aromatic heterocycles. The Morgan fingerprint density at radius 3 is 2.76 bits per heavy atom. The van der Waals surface area contributed by atoms with Crippen molar-refractivity contribution in [1.82, 2.24) is 15.5 Å². The number of nitrogens with zero attached hydrogens (tertiary/aromatic N) is 1. The number of nitrogens with one attached hydrogen (secondary N) is 2. The van der Waals surface area contributed by atoms with Crippen molar-refractivity contribution in [3.8, 4) is 0 Å². The lowest BCUT2D eigenvalue weighted by Crippen LogP contribution is -2.57. The molecule has 0 aromatic rings. The number of amides is 1. The molecule has 0 aliphatic carbocycles. The molecule has 2 aliphatic rings. The average molecular weight is 297 g/mol. The molecule has 2 saturated heterocycles. The molecule has 5 heteroatoms. The molecule has 2 unspecified atom stereocenters. The number of hydrogen-bond acceptors (Lipinski definition) is 4. The second kappa shape index (κ2) is 7.56. The van der Waals surface area contributed by atoms with Crippen LogP contribution in [-0.2, 0) is 9.53 Å². The van der Waals surface area contributed by atoms with Crippen LogP contribution in [0.25, 0.3) is 0 Å². The van der Waals surface area contributed by atoms with E-state index in [2.05, 4.69) is 36.3 Å². The predicted octanol–water partition coefficient (Wildman–Crippen LogP) is 0.992. The molecule has 2 fully saturated rings. The van der Waals surface area contributed by atoms with Crippen molar-refractivity contribution in [1.29, 1.82) is 0 Å². The molecule has 21 heavy (non-hydrogen) atoms. The van der Waals surface area contributed by atoms with E-state index < -0.39 is 0 Å². The molecule has 0 saturated carbocycles. The van der Waals surface area contributed by atoms with Gasteiger partial charge < -0.3 is 15.4 Å². The number of carbonyl (C=O) groups is 1. The van der Waals surface area contributed by atoms with Gasteiger partial charge in [-0.25, -0.2) is 0 Å². The van der Waals surface area contributed by atoms with Gasteiger partial charge in [0.25, 0.3) is 0 Å². The zero-order valence-corrected chi connectivity index (χ0v) is 13.8. The van der Waals surface area contributed by atoms with Gasteiger partial charge in [-0.2, -0.15) is 0 Å². The van der Waals surface area contributed by atoms with Crippen molar-refractivity contribution >= 4 is 5.91 Å². The Morgan fingerprint density at radius 1 is 1.38 bits per heavy atom. The van der Waals surface area contributed by atoms with Gasteiger partial charge in [-0.05, 0) is 39.2 Å². The molecule has 5 nitrogen and oxygen atoms in total. The van der Waals surface area contributed by atoms with Crippen LogP contribution in [0.4, 0.5) is 0 Å². The predicted molar refractivity (Wildman–Crippen MR) is 84.3 cm³/mol. The van der Waals surface area contributed by atoms with Gasteiger partial charge >= 0.3 is 0 Å². The van der Waals surface area contributed by atoms with Crippen LogP contribution in [0.15, 0.2) is 0 Å². The third-order valence-corrected chi connectivity index (χ3v) is 4.97. The van der Waals surface area contributed by atoms with Gasteiger partial charge in [-0.1, -0.05) is 13.3 Å². The number of ether oxygens (including phenoxy) is 1. The van der Waals surface area contributed by atoms with Gasteiger partial charge in [0.2, 0.25) is 5.91 Å². The lowest BCUT2D eigenvalue weighted by molar-refractivity contribution is -0.124. The summed E-state index contributed by atoms with van der Waals surface area (Å²) in [5, 5.41) is 6.50. The van der Waals surface area contributed by atoms with E-state index >= 15 is 0 Å². The van der Waals surface area contributed by atoms with E-state index in [1.807, 2.05) is 0 Å². The van der Waals surface area contributed by atoms with Crippen molar-refractivity contribution in [3.63, 3.8) is 0 Å². The third-order valence-electron chi connectivity index (χ3n) is 4.97. The van der Waals surface area contributed by atoms with E-state index in [9.17, 15) is 4.79 Å². The van der Waals surface area contributed by atoms with Crippen LogP contribution in [0.5, 0.6) is 0 Å². The molecule has 0 spiro atoms. The highest BCUT2D eigenvalue weighted by Gasteiger charge is 2.31. The first-order chi connectivity index (χ1) is 10.0. The molecule has 122 valence electrons. The zero-order valence-electron chi connectivity index (χ0n) is 13.8. The summed E-state index contributed by atoms with van der Waals surface area (Å²) in [4.78, 5) is 14.8. The fourth-order valence-electron chi connectivity index (χ4n) is 3.27. The van der Waals surface area contributed by atoms with Crippen LogP contribution in [0.2, 0.25) is 0 Å². The van der Waals surface area contributed by atoms with Crippen molar-refractivity contribution in [2.24, 2.45) is 5.92 Å². The van der Waals surface area contributed by atoms with Gasteiger partial charge in [-0.15, -0.1) is 0 Å². The second-order valence-electron chi connectivity index (χ2n) is 6.94. The highest BCUT2D eigenvalue weighted by Crippen LogP contribution is 2.20. The molecule has 2 heterocycles. The first kappa shape index (κ1) is 16.7. The lowest BCUT2D eigenvalue weighted by atomic mass is 9.90. The summed E-state index contributed by atoms with van der Waals surface area (Å²) < 4.78 is 5.40. The minimum absolute atomic E-state index is 0.0100. The molecule has 2 aliphatic heterocycles. The van der Waals surface area contributed by atoms with E-state index in [4.69, 9.17) is 4.74 Å². The molecular formula is C16H31N3O2. The van der Waals surface area contributed by atoms with Crippen LogP contribution in [-0.4, -0.2) is 61.8 Å². The third kappa shape index (κ3) is 4.66. The quantitative estimate of drug-likeness (QED) is 0.795. The maximum absolute atomic E-state index is 12.4. The summed E-state index contributed by atoms with van der Waals surface area (Å²) in [6.07, 6.45) is 3.34.